The van der Waals surface area contributed by atoms with Crippen molar-refractivity contribution < 1.29 is 4.52 Å². The van der Waals surface area contributed by atoms with E-state index in [1.54, 1.807) is 17.5 Å². The van der Waals surface area contributed by atoms with Gasteiger partial charge in [0.2, 0.25) is 0 Å². The van der Waals surface area contributed by atoms with Gasteiger partial charge in [0.15, 0.2) is 0 Å². The van der Waals surface area contributed by atoms with Crippen molar-refractivity contribution in [1.29, 1.82) is 0 Å². The Kier molecular flexibility index (Phi) is 3.13. The van der Waals surface area contributed by atoms with Crippen LogP contribution < -0.4 is 5.73 Å². The highest BCUT2D eigenvalue weighted by Gasteiger charge is 2.09. The maximum Gasteiger partial charge on any atom is 0.142 e. The standard InChI is InChI=1S/C10H13N3OS/c1-7-8(5-13-14-7)9-6-12-10(15-9)3-2-4-11/h5-6H,2-4,11H2,1H3. The third-order valence-electron chi connectivity index (χ3n) is 2.16. The van der Waals surface area contributed by atoms with E-state index in [9.17, 15) is 0 Å². The number of thiazole rings is 1. The summed E-state index contributed by atoms with van der Waals surface area (Å²) < 4.78 is 5.02. The van der Waals surface area contributed by atoms with Crippen LogP contribution >= 0.6 is 11.3 Å². The molecule has 2 N–H and O–H groups in total. The number of nitrogens with zero attached hydrogens (tertiary/aromatic N) is 2. The van der Waals surface area contributed by atoms with Crippen LogP contribution in [0.2, 0.25) is 0 Å². The number of aromatic nitrogens is 2. The molecule has 0 aliphatic heterocycles. The van der Waals surface area contributed by atoms with Crippen molar-refractivity contribution in [2.24, 2.45) is 5.73 Å². The number of hydrogen-bond donors (Lipinski definition) is 1. The lowest BCUT2D eigenvalue weighted by Crippen LogP contribution is -1.99. The van der Waals surface area contributed by atoms with Crippen LogP contribution in [-0.2, 0) is 6.42 Å². The van der Waals surface area contributed by atoms with E-state index in [4.69, 9.17) is 10.3 Å². The summed E-state index contributed by atoms with van der Waals surface area (Å²) in [4.78, 5) is 5.46. The van der Waals surface area contributed by atoms with Gasteiger partial charge in [0, 0.05) is 12.6 Å². The van der Waals surface area contributed by atoms with E-state index in [2.05, 4.69) is 10.1 Å². The van der Waals surface area contributed by atoms with E-state index >= 15 is 0 Å². The average Bonchev–Trinajstić information content (AvgIpc) is 2.83. The molecule has 0 amide bonds. The molecule has 0 unspecified atom stereocenters. The normalized spacial score (nSPS) is 10.8. The van der Waals surface area contributed by atoms with E-state index < -0.39 is 0 Å². The average molecular weight is 223 g/mol. The zero-order chi connectivity index (χ0) is 10.7. The molecule has 0 aliphatic carbocycles. The van der Waals surface area contributed by atoms with Crippen molar-refractivity contribution in [3.05, 3.63) is 23.2 Å². The maximum atomic E-state index is 5.45. The topological polar surface area (TPSA) is 64.9 Å². The predicted octanol–water partition coefficient (Wildman–Crippen LogP) is 2.00. The van der Waals surface area contributed by atoms with Gasteiger partial charge in [-0.1, -0.05) is 5.16 Å². The fourth-order valence-corrected chi connectivity index (χ4v) is 2.36. The monoisotopic (exact) mass is 223 g/mol. The van der Waals surface area contributed by atoms with E-state index in [-0.39, 0.29) is 0 Å². The Bertz CT molecular complexity index is 435. The molecule has 2 rings (SSSR count). The summed E-state index contributed by atoms with van der Waals surface area (Å²) in [5, 5.41) is 4.87. The largest absolute Gasteiger partial charge is 0.361 e. The quantitative estimate of drug-likeness (QED) is 0.861. The maximum absolute atomic E-state index is 5.45. The Morgan fingerprint density at radius 2 is 2.33 bits per heavy atom. The van der Waals surface area contributed by atoms with Crippen molar-refractivity contribution in [2.75, 3.05) is 6.54 Å². The van der Waals surface area contributed by atoms with Gasteiger partial charge in [-0.25, -0.2) is 4.98 Å². The zero-order valence-corrected chi connectivity index (χ0v) is 9.38. The molecule has 0 aliphatic rings. The molecular weight excluding hydrogens is 210 g/mol. The van der Waals surface area contributed by atoms with E-state index in [1.165, 1.54) is 0 Å². The Hall–Kier alpha value is -1.20. The van der Waals surface area contributed by atoms with Crippen molar-refractivity contribution >= 4 is 11.3 Å². The first-order valence-corrected chi connectivity index (χ1v) is 5.69. The molecule has 2 heterocycles. The third kappa shape index (κ3) is 2.24. The molecule has 80 valence electrons. The molecule has 2 aromatic rings. The second-order valence-electron chi connectivity index (χ2n) is 3.31. The summed E-state index contributed by atoms with van der Waals surface area (Å²) in [7, 11) is 0. The van der Waals surface area contributed by atoms with Crippen molar-refractivity contribution in [2.45, 2.75) is 19.8 Å². The van der Waals surface area contributed by atoms with Crippen LogP contribution in [0.25, 0.3) is 10.4 Å². The van der Waals surface area contributed by atoms with Crippen LogP contribution in [0, 0.1) is 6.92 Å². The second kappa shape index (κ2) is 4.55. The minimum absolute atomic E-state index is 0.710. The van der Waals surface area contributed by atoms with E-state index in [0.717, 1.165) is 34.1 Å². The van der Waals surface area contributed by atoms with Gasteiger partial charge in [0.25, 0.3) is 0 Å². The Balaban J connectivity index is 2.17. The molecule has 0 atom stereocenters. The van der Waals surface area contributed by atoms with Gasteiger partial charge < -0.3 is 10.3 Å². The lowest BCUT2D eigenvalue weighted by atomic mass is 10.2. The lowest BCUT2D eigenvalue weighted by molar-refractivity contribution is 0.398. The van der Waals surface area contributed by atoms with Crippen LogP contribution in [0.5, 0.6) is 0 Å². The molecule has 0 saturated heterocycles. The minimum atomic E-state index is 0.710. The van der Waals surface area contributed by atoms with Gasteiger partial charge in [-0.2, -0.15) is 0 Å². The smallest absolute Gasteiger partial charge is 0.142 e. The Labute approximate surface area is 92.1 Å². The van der Waals surface area contributed by atoms with Gasteiger partial charge in [0.05, 0.1) is 21.6 Å². The highest BCUT2D eigenvalue weighted by molar-refractivity contribution is 7.15. The molecule has 15 heavy (non-hydrogen) atoms. The first kappa shape index (κ1) is 10.3. The summed E-state index contributed by atoms with van der Waals surface area (Å²) in [5.74, 6) is 0.837. The van der Waals surface area contributed by atoms with Crippen molar-refractivity contribution in [1.82, 2.24) is 10.1 Å². The highest BCUT2D eigenvalue weighted by Crippen LogP contribution is 2.28. The molecule has 0 bridgehead atoms. The van der Waals surface area contributed by atoms with Crippen LogP contribution in [0.15, 0.2) is 16.9 Å². The highest BCUT2D eigenvalue weighted by atomic mass is 32.1. The summed E-state index contributed by atoms with van der Waals surface area (Å²) >= 11 is 1.68. The predicted molar refractivity (Wildman–Crippen MR) is 59.7 cm³/mol. The van der Waals surface area contributed by atoms with Crippen LogP contribution in [-0.4, -0.2) is 16.7 Å². The SMILES string of the molecule is Cc1oncc1-c1cnc(CCCN)s1. The van der Waals surface area contributed by atoms with Gasteiger partial charge in [-0.15, -0.1) is 11.3 Å². The Morgan fingerprint density at radius 3 is 3.00 bits per heavy atom. The fourth-order valence-electron chi connectivity index (χ4n) is 1.34. The summed E-state index contributed by atoms with van der Waals surface area (Å²) in [5.41, 5.74) is 6.49. The number of nitrogens with two attached hydrogens (primary N) is 1. The van der Waals surface area contributed by atoms with Crippen LogP contribution in [0.4, 0.5) is 0 Å². The molecule has 4 nitrogen and oxygen atoms in total. The van der Waals surface area contributed by atoms with Crippen molar-refractivity contribution in [3.8, 4) is 10.4 Å². The molecule has 0 spiro atoms. The first-order valence-electron chi connectivity index (χ1n) is 4.87. The zero-order valence-electron chi connectivity index (χ0n) is 8.56. The molecule has 0 aromatic carbocycles. The number of rotatable bonds is 4. The number of hydrogen-bond acceptors (Lipinski definition) is 5. The molecule has 2 aromatic heterocycles. The molecule has 5 heteroatoms. The summed E-state index contributed by atoms with van der Waals surface area (Å²) in [6.07, 6.45) is 5.53. The first-order chi connectivity index (χ1) is 7.31. The van der Waals surface area contributed by atoms with Gasteiger partial charge >= 0.3 is 0 Å². The molecule has 0 saturated carbocycles. The minimum Gasteiger partial charge on any atom is -0.361 e. The second-order valence-corrected chi connectivity index (χ2v) is 4.42. The molecular formula is C10H13N3OS. The van der Waals surface area contributed by atoms with Gasteiger partial charge in [-0.05, 0) is 19.9 Å². The molecule has 0 radical (unpaired) electrons. The fraction of sp³-hybridized carbons (Fsp3) is 0.400. The van der Waals surface area contributed by atoms with Gasteiger partial charge in [-0.3, -0.25) is 0 Å². The van der Waals surface area contributed by atoms with Crippen LogP contribution in [0.1, 0.15) is 17.2 Å². The summed E-state index contributed by atoms with van der Waals surface area (Å²) in [6.45, 7) is 2.61. The van der Waals surface area contributed by atoms with E-state index in [1.807, 2.05) is 13.1 Å². The van der Waals surface area contributed by atoms with Crippen LogP contribution in [0.3, 0.4) is 0 Å². The Morgan fingerprint density at radius 1 is 1.47 bits per heavy atom. The number of aryl methyl sites for hydroxylation is 2. The van der Waals surface area contributed by atoms with Crippen molar-refractivity contribution in [3.63, 3.8) is 0 Å². The molecule has 0 fully saturated rings. The van der Waals surface area contributed by atoms with E-state index in [0.29, 0.717) is 6.54 Å². The lowest BCUT2D eigenvalue weighted by Gasteiger charge is -1.91. The third-order valence-corrected chi connectivity index (χ3v) is 3.25. The van der Waals surface area contributed by atoms with Gasteiger partial charge in [0.1, 0.15) is 5.76 Å². The summed E-state index contributed by atoms with van der Waals surface area (Å²) in [6, 6.07) is 0.